The van der Waals surface area contributed by atoms with Gasteiger partial charge in [-0.05, 0) is 6.08 Å². The number of rotatable bonds is 1. The minimum absolute atomic E-state index is 0.336. The molecule has 1 rings (SSSR count). The van der Waals surface area contributed by atoms with Crippen LogP contribution in [0.4, 0.5) is 4.79 Å². The minimum atomic E-state index is -0.714. The van der Waals surface area contributed by atoms with E-state index in [4.69, 9.17) is 9.84 Å². The van der Waals surface area contributed by atoms with Crippen molar-refractivity contribution in [2.75, 3.05) is 7.11 Å². The standard InChI is InChI=1S/C7H10O4/c1-10-7(9)11-6-3-2-5(8)4-6/h2-3,5-6,8H,4H2,1H3/t5-,6+/m0/s1. The number of methoxy groups -OCH3 is 1. The Balaban J connectivity index is 2.29. The summed E-state index contributed by atoms with van der Waals surface area (Å²) < 4.78 is 8.99. The Morgan fingerprint density at radius 1 is 1.64 bits per heavy atom. The van der Waals surface area contributed by atoms with Gasteiger partial charge in [0.1, 0.15) is 6.10 Å². The topological polar surface area (TPSA) is 55.8 Å². The second-order valence-electron chi connectivity index (χ2n) is 2.30. The summed E-state index contributed by atoms with van der Waals surface area (Å²) in [5, 5.41) is 8.97. The lowest BCUT2D eigenvalue weighted by atomic mass is 10.3. The molecule has 0 aromatic carbocycles. The Labute approximate surface area is 64.4 Å². The average molecular weight is 158 g/mol. The highest BCUT2D eigenvalue weighted by molar-refractivity contribution is 5.60. The summed E-state index contributed by atoms with van der Waals surface area (Å²) in [6.07, 6.45) is 2.11. The molecule has 0 saturated carbocycles. The fourth-order valence-corrected chi connectivity index (χ4v) is 0.906. The van der Waals surface area contributed by atoms with Crippen LogP contribution in [0.1, 0.15) is 6.42 Å². The molecule has 0 fully saturated rings. The average Bonchev–Trinajstić information content (AvgIpc) is 2.35. The molecule has 11 heavy (non-hydrogen) atoms. The summed E-state index contributed by atoms with van der Waals surface area (Å²) in [6, 6.07) is 0. The van der Waals surface area contributed by atoms with E-state index in [1.165, 1.54) is 7.11 Å². The molecule has 0 radical (unpaired) electrons. The zero-order valence-electron chi connectivity index (χ0n) is 6.19. The van der Waals surface area contributed by atoms with Gasteiger partial charge in [0.15, 0.2) is 0 Å². The molecule has 2 atom stereocenters. The van der Waals surface area contributed by atoms with E-state index >= 15 is 0 Å². The van der Waals surface area contributed by atoms with Gasteiger partial charge in [0, 0.05) is 6.42 Å². The third kappa shape index (κ3) is 2.23. The number of ether oxygens (including phenoxy) is 2. The Morgan fingerprint density at radius 2 is 2.36 bits per heavy atom. The molecule has 1 N–H and O–H groups in total. The molecule has 1 aliphatic rings. The van der Waals surface area contributed by atoms with Gasteiger partial charge in [0.25, 0.3) is 0 Å². The number of aliphatic hydroxyl groups excluding tert-OH is 1. The van der Waals surface area contributed by atoms with Crippen LogP contribution in [-0.2, 0) is 9.47 Å². The van der Waals surface area contributed by atoms with E-state index < -0.39 is 12.3 Å². The maximum Gasteiger partial charge on any atom is 0.508 e. The maximum atomic E-state index is 10.5. The fraction of sp³-hybridized carbons (Fsp3) is 0.571. The van der Waals surface area contributed by atoms with Gasteiger partial charge in [0.05, 0.1) is 13.2 Å². The van der Waals surface area contributed by atoms with Gasteiger partial charge in [-0.1, -0.05) is 6.08 Å². The van der Waals surface area contributed by atoms with Crippen molar-refractivity contribution in [2.24, 2.45) is 0 Å². The van der Waals surface area contributed by atoms with E-state index in [0.717, 1.165) is 0 Å². The van der Waals surface area contributed by atoms with Crippen LogP contribution < -0.4 is 0 Å². The van der Waals surface area contributed by atoms with Crippen LogP contribution in [0.2, 0.25) is 0 Å². The molecule has 1 aliphatic carbocycles. The van der Waals surface area contributed by atoms with E-state index in [1.54, 1.807) is 12.2 Å². The van der Waals surface area contributed by atoms with Crippen LogP contribution >= 0.6 is 0 Å². The third-order valence-electron chi connectivity index (χ3n) is 1.44. The Bertz CT molecular complexity index is 175. The molecule has 0 saturated heterocycles. The van der Waals surface area contributed by atoms with Gasteiger partial charge >= 0.3 is 6.16 Å². The molecule has 0 heterocycles. The molecule has 0 spiro atoms. The van der Waals surface area contributed by atoms with Crippen LogP contribution in [0.15, 0.2) is 12.2 Å². The third-order valence-corrected chi connectivity index (χ3v) is 1.44. The largest absolute Gasteiger partial charge is 0.508 e. The molecule has 4 nitrogen and oxygen atoms in total. The summed E-state index contributed by atoms with van der Waals surface area (Å²) in [5.41, 5.74) is 0. The van der Waals surface area contributed by atoms with E-state index in [-0.39, 0.29) is 6.10 Å². The van der Waals surface area contributed by atoms with Crippen LogP contribution in [-0.4, -0.2) is 30.6 Å². The van der Waals surface area contributed by atoms with Crippen molar-refractivity contribution in [3.8, 4) is 0 Å². The van der Waals surface area contributed by atoms with Gasteiger partial charge in [0.2, 0.25) is 0 Å². The molecule has 0 unspecified atom stereocenters. The van der Waals surface area contributed by atoms with Crippen molar-refractivity contribution in [3.63, 3.8) is 0 Å². The normalized spacial score (nSPS) is 28.5. The second-order valence-corrected chi connectivity index (χ2v) is 2.30. The monoisotopic (exact) mass is 158 g/mol. The number of carbonyl (C=O) groups excluding carboxylic acids is 1. The van der Waals surface area contributed by atoms with Gasteiger partial charge in [-0.3, -0.25) is 0 Å². The molecule has 4 heteroatoms. The van der Waals surface area contributed by atoms with Crippen molar-refractivity contribution in [2.45, 2.75) is 18.6 Å². The van der Waals surface area contributed by atoms with Crippen molar-refractivity contribution >= 4 is 6.16 Å². The Hall–Kier alpha value is -1.03. The van der Waals surface area contributed by atoms with E-state index in [2.05, 4.69) is 4.74 Å². The Morgan fingerprint density at radius 3 is 2.82 bits per heavy atom. The summed E-state index contributed by atoms with van der Waals surface area (Å²) >= 11 is 0. The lowest BCUT2D eigenvalue weighted by Gasteiger charge is -2.08. The highest BCUT2D eigenvalue weighted by Gasteiger charge is 2.20. The highest BCUT2D eigenvalue weighted by Crippen LogP contribution is 2.14. The predicted molar refractivity (Wildman–Crippen MR) is 37.0 cm³/mol. The number of hydrogen-bond donors (Lipinski definition) is 1. The molecule has 0 aromatic rings. The van der Waals surface area contributed by atoms with Gasteiger partial charge < -0.3 is 14.6 Å². The Kier molecular flexibility index (Phi) is 2.48. The van der Waals surface area contributed by atoms with Gasteiger partial charge in [-0.2, -0.15) is 0 Å². The van der Waals surface area contributed by atoms with Crippen molar-refractivity contribution < 1.29 is 19.4 Å². The predicted octanol–water partition coefficient (Wildman–Crippen LogP) is 0.459. The smallest absolute Gasteiger partial charge is 0.438 e. The summed E-state index contributed by atoms with van der Waals surface area (Å²) in [4.78, 5) is 10.5. The number of carbonyl (C=O) groups is 1. The first-order valence-corrected chi connectivity index (χ1v) is 3.33. The molecule has 0 bridgehead atoms. The first-order valence-electron chi connectivity index (χ1n) is 3.33. The first kappa shape index (κ1) is 8.07. The van der Waals surface area contributed by atoms with E-state index in [1.807, 2.05) is 0 Å². The quantitative estimate of drug-likeness (QED) is 0.445. The molecule has 0 aromatic heterocycles. The SMILES string of the molecule is COC(=O)O[C@@H]1C=C[C@H](O)C1. The summed E-state index contributed by atoms with van der Waals surface area (Å²) in [6.45, 7) is 0. The molecule has 62 valence electrons. The molecular weight excluding hydrogens is 148 g/mol. The fourth-order valence-electron chi connectivity index (χ4n) is 0.906. The maximum absolute atomic E-state index is 10.5. The zero-order chi connectivity index (χ0) is 8.27. The summed E-state index contributed by atoms with van der Waals surface area (Å²) in [7, 11) is 1.25. The molecule has 0 aliphatic heterocycles. The van der Waals surface area contributed by atoms with Crippen LogP contribution in [0.25, 0.3) is 0 Å². The molecule has 0 amide bonds. The lowest BCUT2D eigenvalue weighted by molar-refractivity contribution is 0.0440. The van der Waals surface area contributed by atoms with Crippen molar-refractivity contribution in [1.29, 1.82) is 0 Å². The van der Waals surface area contributed by atoms with Crippen LogP contribution in [0.3, 0.4) is 0 Å². The number of aliphatic hydroxyl groups is 1. The number of hydrogen-bond acceptors (Lipinski definition) is 4. The van der Waals surface area contributed by atoms with E-state index in [9.17, 15) is 4.79 Å². The highest BCUT2D eigenvalue weighted by atomic mass is 16.7. The summed E-state index contributed by atoms with van der Waals surface area (Å²) in [5.74, 6) is 0. The second kappa shape index (κ2) is 3.39. The van der Waals surface area contributed by atoms with Crippen LogP contribution in [0, 0.1) is 0 Å². The van der Waals surface area contributed by atoms with Crippen LogP contribution in [0.5, 0.6) is 0 Å². The zero-order valence-corrected chi connectivity index (χ0v) is 6.19. The first-order chi connectivity index (χ1) is 5.22. The van der Waals surface area contributed by atoms with Crippen molar-refractivity contribution in [1.82, 2.24) is 0 Å². The minimum Gasteiger partial charge on any atom is -0.438 e. The molecular formula is C7H10O4. The van der Waals surface area contributed by atoms with Gasteiger partial charge in [-0.25, -0.2) is 4.79 Å². The van der Waals surface area contributed by atoms with Gasteiger partial charge in [-0.15, -0.1) is 0 Å². The lowest BCUT2D eigenvalue weighted by Crippen LogP contribution is -2.16. The van der Waals surface area contributed by atoms with Crippen molar-refractivity contribution in [3.05, 3.63) is 12.2 Å². The van der Waals surface area contributed by atoms with E-state index in [0.29, 0.717) is 6.42 Å².